The maximum atomic E-state index is 5.61. The van der Waals surface area contributed by atoms with Crippen molar-refractivity contribution in [3.05, 3.63) is 45.9 Å². The summed E-state index contributed by atoms with van der Waals surface area (Å²) in [6, 6.07) is 6.58. The average molecular weight is 275 g/mol. The standard InChI is InChI=1S/C14H17N3OS/c15-17-12(13-8-19-9-16-13)3-1-10-2-4-14-11(7-10)5-6-18-14/h2,4,7-9,12,17H,1,3,5-6,15H2. The van der Waals surface area contributed by atoms with Crippen molar-refractivity contribution < 1.29 is 4.74 Å². The summed E-state index contributed by atoms with van der Waals surface area (Å²) in [6.07, 6.45) is 2.95. The van der Waals surface area contributed by atoms with Crippen molar-refractivity contribution in [1.29, 1.82) is 0 Å². The third kappa shape index (κ3) is 2.78. The molecule has 0 fully saturated rings. The highest BCUT2D eigenvalue weighted by Gasteiger charge is 2.14. The van der Waals surface area contributed by atoms with Gasteiger partial charge in [0.2, 0.25) is 0 Å². The van der Waals surface area contributed by atoms with Gasteiger partial charge in [-0.1, -0.05) is 12.1 Å². The van der Waals surface area contributed by atoms with Crippen molar-refractivity contribution in [2.45, 2.75) is 25.3 Å². The molecule has 1 atom stereocenters. The van der Waals surface area contributed by atoms with E-state index in [-0.39, 0.29) is 6.04 Å². The summed E-state index contributed by atoms with van der Waals surface area (Å²) >= 11 is 1.60. The maximum Gasteiger partial charge on any atom is 0.122 e. The topological polar surface area (TPSA) is 60.2 Å². The number of hydrogen-bond donors (Lipinski definition) is 2. The number of hydrogen-bond acceptors (Lipinski definition) is 5. The fraction of sp³-hybridized carbons (Fsp3) is 0.357. The first-order chi connectivity index (χ1) is 9.36. The SMILES string of the molecule is NNC(CCc1ccc2c(c1)CCO2)c1cscn1. The number of nitrogens with two attached hydrogens (primary N) is 1. The summed E-state index contributed by atoms with van der Waals surface area (Å²) in [6.45, 7) is 0.810. The van der Waals surface area contributed by atoms with Crippen molar-refractivity contribution in [3.8, 4) is 5.75 Å². The van der Waals surface area contributed by atoms with Crippen LogP contribution in [0.4, 0.5) is 0 Å². The Balaban J connectivity index is 1.65. The number of aryl methyl sites for hydroxylation is 1. The molecule has 100 valence electrons. The summed E-state index contributed by atoms with van der Waals surface area (Å²) in [4.78, 5) is 4.31. The van der Waals surface area contributed by atoms with E-state index in [1.807, 2.05) is 10.9 Å². The Morgan fingerprint density at radius 2 is 2.42 bits per heavy atom. The Labute approximate surface area is 116 Å². The monoisotopic (exact) mass is 275 g/mol. The number of fused-ring (bicyclic) bond motifs is 1. The Hall–Kier alpha value is -1.43. The molecule has 0 aliphatic carbocycles. The van der Waals surface area contributed by atoms with Gasteiger partial charge in [-0.2, -0.15) is 0 Å². The highest BCUT2D eigenvalue weighted by Crippen LogP contribution is 2.27. The highest BCUT2D eigenvalue weighted by molar-refractivity contribution is 7.07. The molecule has 1 aliphatic heterocycles. The number of thiazole rings is 1. The van der Waals surface area contributed by atoms with Gasteiger partial charge in [-0.3, -0.25) is 11.3 Å². The summed E-state index contributed by atoms with van der Waals surface area (Å²) in [5.74, 6) is 6.65. The number of nitrogens with one attached hydrogen (secondary N) is 1. The molecule has 0 spiro atoms. The van der Waals surface area contributed by atoms with E-state index in [0.717, 1.165) is 37.3 Å². The average Bonchev–Trinajstić information content (AvgIpc) is 3.10. The number of nitrogens with zero attached hydrogens (tertiary/aromatic N) is 1. The number of benzene rings is 1. The summed E-state index contributed by atoms with van der Waals surface area (Å²) in [7, 11) is 0. The normalized spacial score (nSPS) is 15.0. The minimum absolute atomic E-state index is 0.121. The van der Waals surface area contributed by atoms with Crippen molar-refractivity contribution in [3.63, 3.8) is 0 Å². The smallest absolute Gasteiger partial charge is 0.122 e. The van der Waals surface area contributed by atoms with Gasteiger partial charge < -0.3 is 4.74 Å². The van der Waals surface area contributed by atoms with Gasteiger partial charge in [0.15, 0.2) is 0 Å². The Morgan fingerprint density at radius 1 is 1.47 bits per heavy atom. The van der Waals surface area contributed by atoms with Gasteiger partial charge in [0, 0.05) is 11.8 Å². The molecule has 3 N–H and O–H groups in total. The van der Waals surface area contributed by atoms with Crippen LogP contribution in [0.1, 0.15) is 29.3 Å². The molecule has 3 rings (SSSR count). The second-order valence-electron chi connectivity index (χ2n) is 4.71. The molecule has 0 saturated heterocycles. The summed E-state index contributed by atoms with van der Waals surface area (Å²) < 4.78 is 5.52. The maximum absolute atomic E-state index is 5.61. The van der Waals surface area contributed by atoms with Gasteiger partial charge in [-0.05, 0) is 30.0 Å². The Morgan fingerprint density at radius 3 is 3.21 bits per heavy atom. The van der Waals surface area contributed by atoms with E-state index in [2.05, 4.69) is 28.6 Å². The minimum Gasteiger partial charge on any atom is -0.493 e. The van der Waals surface area contributed by atoms with Gasteiger partial charge in [-0.15, -0.1) is 11.3 Å². The van der Waals surface area contributed by atoms with Gasteiger partial charge in [0.1, 0.15) is 5.75 Å². The molecule has 0 bridgehead atoms. The van der Waals surface area contributed by atoms with Gasteiger partial charge in [0.25, 0.3) is 0 Å². The lowest BCUT2D eigenvalue weighted by Gasteiger charge is -2.13. The van der Waals surface area contributed by atoms with E-state index in [4.69, 9.17) is 10.6 Å². The lowest BCUT2D eigenvalue weighted by Crippen LogP contribution is -2.28. The third-order valence-corrected chi connectivity index (χ3v) is 4.09. The van der Waals surface area contributed by atoms with Crippen LogP contribution in [-0.4, -0.2) is 11.6 Å². The molecule has 0 amide bonds. The van der Waals surface area contributed by atoms with Crippen molar-refractivity contribution >= 4 is 11.3 Å². The van der Waals surface area contributed by atoms with Gasteiger partial charge in [0.05, 0.1) is 23.9 Å². The molecule has 5 heteroatoms. The van der Waals surface area contributed by atoms with E-state index < -0.39 is 0 Å². The molecule has 1 unspecified atom stereocenters. The molecular weight excluding hydrogens is 258 g/mol. The van der Waals surface area contributed by atoms with Crippen LogP contribution in [0.3, 0.4) is 0 Å². The predicted molar refractivity (Wildman–Crippen MR) is 76.1 cm³/mol. The van der Waals surface area contributed by atoms with Crippen LogP contribution in [-0.2, 0) is 12.8 Å². The molecule has 2 heterocycles. The zero-order valence-electron chi connectivity index (χ0n) is 10.6. The molecule has 0 radical (unpaired) electrons. The van der Waals surface area contributed by atoms with E-state index in [0.29, 0.717) is 0 Å². The van der Waals surface area contributed by atoms with Crippen LogP contribution in [0.15, 0.2) is 29.1 Å². The largest absolute Gasteiger partial charge is 0.493 e. The van der Waals surface area contributed by atoms with Crippen molar-refractivity contribution in [1.82, 2.24) is 10.4 Å². The molecule has 0 saturated carbocycles. The van der Waals surface area contributed by atoms with E-state index in [1.54, 1.807) is 11.3 Å². The first kappa shape index (κ1) is 12.6. The third-order valence-electron chi connectivity index (χ3n) is 3.49. The fourth-order valence-electron chi connectivity index (χ4n) is 2.42. The molecule has 19 heavy (non-hydrogen) atoms. The molecular formula is C14H17N3OS. The number of aromatic nitrogens is 1. The Kier molecular flexibility index (Phi) is 3.77. The van der Waals surface area contributed by atoms with Gasteiger partial charge >= 0.3 is 0 Å². The van der Waals surface area contributed by atoms with Crippen LogP contribution < -0.4 is 16.0 Å². The summed E-state index contributed by atoms with van der Waals surface area (Å²) in [5, 5.41) is 2.04. The summed E-state index contributed by atoms with van der Waals surface area (Å²) in [5.41, 5.74) is 8.37. The Bertz CT molecular complexity index is 542. The minimum atomic E-state index is 0.121. The number of rotatable bonds is 5. The molecule has 1 aromatic heterocycles. The van der Waals surface area contributed by atoms with E-state index in [9.17, 15) is 0 Å². The predicted octanol–water partition coefficient (Wildman–Crippen LogP) is 2.22. The second-order valence-corrected chi connectivity index (χ2v) is 5.43. The highest BCUT2D eigenvalue weighted by atomic mass is 32.1. The van der Waals surface area contributed by atoms with E-state index >= 15 is 0 Å². The van der Waals surface area contributed by atoms with Crippen LogP contribution in [0.2, 0.25) is 0 Å². The zero-order chi connectivity index (χ0) is 13.1. The van der Waals surface area contributed by atoms with Crippen LogP contribution in [0.25, 0.3) is 0 Å². The van der Waals surface area contributed by atoms with Gasteiger partial charge in [-0.25, -0.2) is 4.98 Å². The second kappa shape index (κ2) is 5.69. The van der Waals surface area contributed by atoms with Crippen LogP contribution in [0.5, 0.6) is 5.75 Å². The quantitative estimate of drug-likeness (QED) is 0.649. The first-order valence-electron chi connectivity index (χ1n) is 6.45. The van der Waals surface area contributed by atoms with E-state index in [1.165, 1.54) is 11.1 Å². The molecule has 1 aliphatic rings. The molecule has 2 aromatic rings. The lowest BCUT2D eigenvalue weighted by atomic mass is 10.0. The number of hydrazine groups is 1. The first-order valence-corrected chi connectivity index (χ1v) is 7.40. The van der Waals surface area contributed by atoms with Crippen LogP contribution >= 0.6 is 11.3 Å². The molecule has 1 aromatic carbocycles. The zero-order valence-corrected chi connectivity index (χ0v) is 11.5. The molecule has 4 nitrogen and oxygen atoms in total. The van der Waals surface area contributed by atoms with Crippen molar-refractivity contribution in [2.75, 3.05) is 6.61 Å². The number of ether oxygens (including phenoxy) is 1. The van der Waals surface area contributed by atoms with Crippen LogP contribution in [0, 0.1) is 0 Å². The fourth-order valence-corrected chi connectivity index (χ4v) is 3.02. The lowest BCUT2D eigenvalue weighted by molar-refractivity contribution is 0.357. The van der Waals surface area contributed by atoms with Crippen molar-refractivity contribution in [2.24, 2.45) is 5.84 Å².